The summed E-state index contributed by atoms with van der Waals surface area (Å²) in [5.74, 6) is 0.288. The minimum atomic E-state index is -3.63. The number of sulfonamides is 1. The van der Waals surface area contributed by atoms with E-state index in [1.54, 1.807) is 23.9 Å². The van der Waals surface area contributed by atoms with E-state index in [-0.39, 0.29) is 23.3 Å². The molecule has 156 valence electrons. The fourth-order valence-electron chi connectivity index (χ4n) is 3.15. The van der Waals surface area contributed by atoms with Gasteiger partial charge in [0.15, 0.2) is 0 Å². The van der Waals surface area contributed by atoms with Gasteiger partial charge in [0, 0.05) is 40.3 Å². The maximum absolute atomic E-state index is 12.8. The molecule has 2 aromatic rings. The van der Waals surface area contributed by atoms with Gasteiger partial charge >= 0.3 is 0 Å². The Balaban J connectivity index is 1.51. The molecule has 0 aromatic heterocycles. The van der Waals surface area contributed by atoms with Gasteiger partial charge in [0.1, 0.15) is 0 Å². The number of rotatable bonds is 7. The Morgan fingerprint density at radius 2 is 1.69 bits per heavy atom. The smallest absolute Gasteiger partial charge is 0.243 e. The number of carbonyl (C=O) groups is 1. The third kappa shape index (κ3) is 6.12. The van der Waals surface area contributed by atoms with Gasteiger partial charge in [0.05, 0.1) is 10.8 Å². The number of halogens is 2. The molecule has 1 aliphatic rings. The molecule has 1 saturated heterocycles. The van der Waals surface area contributed by atoms with Gasteiger partial charge in [-0.3, -0.25) is 4.79 Å². The Kier molecular flexibility index (Phi) is 7.87. The lowest BCUT2D eigenvalue weighted by Gasteiger charge is -2.31. The summed E-state index contributed by atoms with van der Waals surface area (Å²) in [6, 6.07) is 13.7. The highest BCUT2D eigenvalue weighted by atomic mass is 35.5. The maximum Gasteiger partial charge on any atom is 0.243 e. The summed E-state index contributed by atoms with van der Waals surface area (Å²) in [5, 5.41) is 4.10. The molecule has 1 heterocycles. The number of nitrogens with zero attached hydrogens (tertiary/aromatic N) is 1. The quantitative estimate of drug-likeness (QED) is 0.481. The number of nitrogens with one attached hydrogen (secondary N) is 1. The number of hydrogen-bond donors (Lipinski definition) is 1. The van der Waals surface area contributed by atoms with Gasteiger partial charge < -0.3 is 5.32 Å². The van der Waals surface area contributed by atoms with Crippen molar-refractivity contribution >= 4 is 50.9 Å². The van der Waals surface area contributed by atoms with Crippen molar-refractivity contribution in [2.75, 3.05) is 25.4 Å². The number of piperidine rings is 1. The van der Waals surface area contributed by atoms with E-state index in [1.807, 2.05) is 24.3 Å². The molecule has 29 heavy (non-hydrogen) atoms. The summed E-state index contributed by atoms with van der Waals surface area (Å²) >= 11 is 13.4. The summed E-state index contributed by atoms with van der Waals surface area (Å²) in [4.78, 5) is 13.8. The van der Waals surface area contributed by atoms with Crippen molar-refractivity contribution in [3.63, 3.8) is 0 Å². The van der Waals surface area contributed by atoms with Crippen LogP contribution in [0.3, 0.4) is 0 Å². The van der Waals surface area contributed by atoms with Crippen LogP contribution in [0.1, 0.15) is 12.8 Å². The van der Waals surface area contributed by atoms with Gasteiger partial charge in [-0.2, -0.15) is 4.31 Å². The maximum atomic E-state index is 12.8. The molecular weight excluding hydrogens is 451 g/mol. The average Bonchev–Trinajstić information content (AvgIpc) is 2.73. The summed E-state index contributed by atoms with van der Waals surface area (Å²) in [6.45, 7) is 1.13. The van der Waals surface area contributed by atoms with Crippen LogP contribution in [-0.4, -0.2) is 44.0 Å². The molecule has 0 spiro atoms. The molecule has 1 amide bonds. The standard InChI is InChI=1S/C20H22Cl2N2O3S2/c21-16-3-7-18(8-4-16)28-13-11-23-20(25)15-2-1-12-24(14-15)29(26,27)19-9-5-17(22)6-10-19/h3-10,15H,1-2,11-14H2,(H,23,25). The number of amides is 1. The molecule has 1 atom stereocenters. The Morgan fingerprint density at radius 3 is 2.34 bits per heavy atom. The molecule has 1 aliphatic heterocycles. The van der Waals surface area contributed by atoms with Crippen LogP contribution < -0.4 is 5.32 Å². The summed E-state index contributed by atoms with van der Waals surface area (Å²) < 4.78 is 27.1. The zero-order valence-electron chi connectivity index (χ0n) is 15.7. The topological polar surface area (TPSA) is 66.5 Å². The van der Waals surface area contributed by atoms with Crippen LogP contribution in [0.4, 0.5) is 0 Å². The second-order valence-corrected chi connectivity index (χ2v) is 10.7. The van der Waals surface area contributed by atoms with Gasteiger partial charge in [0.2, 0.25) is 15.9 Å². The molecule has 0 radical (unpaired) electrons. The van der Waals surface area contributed by atoms with Gasteiger partial charge in [0.25, 0.3) is 0 Å². The first kappa shape index (κ1) is 22.4. The van der Waals surface area contributed by atoms with E-state index in [4.69, 9.17) is 23.2 Å². The van der Waals surface area contributed by atoms with Crippen LogP contribution in [-0.2, 0) is 14.8 Å². The van der Waals surface area contributed by atoms with Crippen LogP contribution in [0.2, 0.25) is 10.0 Å². The zero-order valence-corrected chi connectivity index (χ0v) is 18.8. The highest BCUT2D eigenvalue weighted by Crippen LogP contribution is 2.25. The predicted octanol–water partition coefficient (Wildman–Crippen LogP) is 4.30. The number of carbonyl (C=O) groups excluding carboxylic acids is 1. The second kappa shape index (κ2) is 10.2. The lowest BCUT2D eigenvalue weighted by atomic mass is 9.99. The van der Waals surface area contributed by atoms with Crippen LogP contribution in [0.25, 0.3) is 0 Å². The highest BCUT2D eigenvalue weighted by molar-refractivity contribution is 7.99. The third-order valence-electron chi connectivity index (χ3n) is 4.69. The van der Waals surface area contributed by atoms with Gasteiger partial charge in [-0.15, -0.1) is 11.8 Å². The molecule has 5 nitrogen and oxygen atoms in total. The minimum Gasteiger partial charge on any atom is -0.355 e. The summed E-state index contributed by atoms with van der Waals surface area (Å²) in [7, 11) is -3.63. The second-order valence-electron chi connectivity index (χ2n) is 6.75. The lowest BCUT2D eigenvalue weighted by Crippen LogP contribution is -2.45. The fourth-order valence-corrected chi connectivity index (χ4v) is 5.69. The highest BCUT2D eigenvalue weighted by Gasteiger charge is 2.33. The van der Waals surface area contributed by atoms with E-state index < -0.39 is 10.0 Å². The molecule has 0 bridgehead atoms. The van der Waals surface area contributed by atoms with Gasteiger partial charge in [-0.25, -0.2) is 8.42 Å². The Bertz CT molecular complexity index is 935. The van der Waals surface area contributed by atoms with Crippen molar-refractivity contribution in [2.45, 2.75) is 22.6 Å². The van der Waals surface area contributed by atoms with Gasteiger partial charge in [-0.1, -0.05) is 23.2 Å². The molecule has 1 fully saturated rings. The molecule has 3 rings (SSSR count). The molecule has 1 N–H and O–H groups in total. The monoisotopic (exact) mass is 472 g/mol. The van der Waals surface area contributed by atoms with E-state index in [0.717, 1.165) is 10.6 Å². The molecule has 9 heteroatoms. The van der Waals surface area contributed by atoms with Crippen molar-refractivity contribution in [1.29, 1.82) is 0 Å². The fraction of sp³-hybridized carbons (Fsp3) is 0.350. The van der Waals surface area contributed by atoms with Crippen molar-refractivity contribution in [1.82, 2.24) is 9.62 Å². The lowest BCUT2D eigenvalue weighted by molar-refractivity contribution is -0.125. The number of thioether (sulfide) groups is 1. The van der Waals surface area contributed by atoms with Crippen molar-refractivity contribution in [3.8, 4) is 0 Å². The van der Waals surface area contributed by atoms with E-state index >= 15 is 0 Å². The summed E-state index contributed by atoms with van der Waals surface area (Å²) in [6.07, 6.45) is 1.34. The molecule has 1 unspecified atom stereocenters. The van der Waals surface area contributed by atoms with Crippen LogP contribution in [0, 0.1) is 5.92 Å². The minimum absolute atomic E-state index is 0.0993. The average molecular weight is 473 g/mol. The van der Waals surface area contributed by atoms with Crippen molar-refractivity contribution in [2.24, 2.45) is 5.92 Å². The van der Waals surface area contributed by atoms with Crippen LogP contribution >= 0.6 is 35.0 Å². The van der Waals surface area contributed by atoms with Crippen LogP contribution in [0.15, 0.2) is 58.3 Å². The normalized spacial score (nSPS) is 17.8. The third-order valence-corrected chi connectivity index (χ3v) is 8.09. The number of benzene rings is 2. The Hall–Kier alpha value is -1.25. The SMILES string of the molecule is O=C(NCCSc1ccc(Cl)cc1)C1CCCN(S(=O)(=O)c2ccc(Cl)cc2)C1. The Morgan fingerprint density at radius 1 is 1.07 bits per heavy atom. The number of hydrogen-bond acceptors (Lipinski definition) is 4. The molecule has 2 aromatic carbocycles. The molecular formula is C20H22Cl2N2O3S2. The first-order valence-corrected chi connectivity index (χ1v) is 12.5. The van der Waals surface area contributed by atoms with Crippen molar-refractivity contribution in [3.05, 3.63) is 58.6 Å². The molecule has 0 saturated carbocycles. The first-order chi connectivity index (χ1) is 13.9. The van der Waals surface area contributed by atoms with Crippen molar-refractivity contribution < 1.29 is 13.2 Å². The summed E-state index contributed by atoms with van der Waals surface area (Å²) in [5.41, 5.74) is 0. The molecule has 0 aliphatic carbocycles. The van der Waals surface area contributed by atoms with Crippen LogP contribution in [0.5, 0.6) is 0 Å². The first-order valence-electron chi connectivity index (χ1n) is 9.28. The van der Waals surface area contributed by atoms with Gasteiger partial charge in [-0.05, 0) is 61.4 Å². The Labute approximate surface area is 185 Å². The predicted molar refractivity (Wildman–Crippen MR) is 118 cm³/mol. The zero-order chi connectivity index (χ0) is 20.9. The van der Waals surface area contributed by atoms with E-state index in [0.29, 0.717) is 36.0 Å². The van der Waals surface area contributed by atoms with E-state index in [9.17, 15) is 13.2 Å². The van der Waals surface area contributed by atoms with E-state index in [2.05, 4.69) is 5.32 Å². The van der Waals surface area contributed by atoms with E-state index in [1.165, 1.54) is 16.4 Å². The largest absolute Gasteiger partial charge is 0.355 e.